The zero-order chi connectivity index (χ0) is 14.7. The van der Waals surface area contributed by atoms with E-state index in [4.69, 9.17) is 0 Å². The number of para-hydroxylation sites is 1. The highest BCUT2D eigenvalue weighted by molar-refractivity contribution is 5.79. The SMILES string of the molecule is CC1CCN(C(=O)C2CCN(c3ccccc3)CC2)CC1. The Morgan fingerprint density at radius 3 is 2.19 bits per heavy atom. The molecule has 2 saturated heterocycles. The molecule has 114 valence electrons. The number of hydrogen-bond acceptors (Lipinski definition) is 2. The number of hydrogen-bond donors (Lipinski definition) is 0. The lowest BCUT2D eigenvalue weighted by molar-refractivity contribution is -0.137. The summed E-state index contributed by atoms with van der Waals surface area (Å²) >= 11 is 0. The third-order valence-corrected chi connectivity index (χ3v) is 5.06. The molecule has 2 aliphatic heterocycles. The zero-order valence-electron chi connectivity index (χ0n) is 13.0. The first-order valence-electron chi connectivity index (χ1n) is 8.33. The normalized spacial score (nSPS) is 21.6. The van der Waals surface area contributed by atoms with Crippen molar-refractivity contribution in [2.75, 3.05) is 31.1 Å². The van der Waals surface area contributed by atoms with Crippen LogP contribution in [0.15, 0.2) is 30.3 Å². The molecular weight excluding hydrogens is 260 g/mol. The summed E-state index contributed by atoms with van der Waals surface area (Å²) < 4.78 is 0. The zero-order valence-corrected chi connectivity index (χ0v) is 13.0. The minimum atomic E-state index is 0.248. The van der Waals surface area contributed by atoms with E-state index in [2.05, 4.69) is 47.1 Å². The number of likely N-dealkylation sites (tertiary alicyclic amines) is 1. The first-order valence-corrected chi connectivity index (χ1v) is 8.33. The molecule has 3 heteroatoms. The second-order valence-electron chi connectivity index (χ2n) is 6.60. The summed E-state index contributed by atoms with van der Waals surface area (Å²) in [6.07, 6.45) is 4.35. The van der Waals surface area contributed by atoms with Gasteiger partial charge < -0.3 is 9.80 Å². The van der Waals surface area contributed by atoms with Gasteiger partial charge in [-0.25, -0.2) is 0 Å². The Morgan fingerprint density at radius 1 is 0.952 bits per heavy atom. The molecule has 0 spiro atoms. The van der Waals surface area contributed by atoms with Crippen molar-refractivity contribution in [3.8, 4) is 0 Å². The van der Waals surface area contributed by atoms with Gasteiger partial charge in [0, 0.05) is 37.8 Å². The molecule has 0 unspecified atom stereocenters. The standard InChI is InChI=1S/C18H26N2O/c1-15-7-11-20(12-8-15)18(21)16-9-13-19(14-10-16)17-5-3-2-4-6-17/h2-6,15-16H,7-14H2,1H3. The molecule has 0 aromatic heterocycles. The number of rotatable bonds is 2. The smallest absolute Gasteiger partial charge is 0.225 e. The Kier molecular flexibility index (Phi) is 4.47. The number of piperidine rings is 2. The van der Waals surface area contributed by atoms with E-state index in [0.29, 0.717) is 5.91 Å². The van der Waals surface area contributed by atoms with Gasteiger partial charge in [0.05, 0.1) is 0 Å². The maximum atomic E-state index is 12.6. The van der Waals surface area contributed by atoms with Crippen LogP contribution >= 0.6 is 0 Å². The van der Waals surface area contributed by atoms with Crippen molar-refractivity contribution in [1.82, 2.24) is 4.90 Å². The highest BCUT2D eigenvalue weighted by Crippen LogP contribution is 2.26. The molecule has 0 N–H and O–H groups in total. The van der Waals surface area contributed by atoms with Gasteiger partial charge in [-0.05, 0) is 43.7 Å². The Bertz CT molecular complexity index is 457. The van der Waals surface area contributed by atoms with Crippen LogP contribution in [0.25, 0.3) is 0 Å². The quantitative estimate of drug-likeness (QED) is 0.834. The molecule has 3 nitrogen and oxygen atoms in total. The minimum absolute atomic E-state index is 0.248. The van der Waals surface area contributed by atoms with Crippen molar-refractivity contribution in [3.63, 3.8) is 0 Å². The summed E-state index contributed by atoms with van der Waals surface area (Å²) in [4.78, 5) is 17.1. The van der Waals surface area contributed by atoms with Crippen LogP contribution in [-0.2, 0) is 4.79 Å². The molecule has 0 saturated carbocycles. The van der Waals surface area contributed by atoms with Crippen molar-refractivity contribution in [2.24, 2.45) is 11.8 Å². The molecule has 3 rings (SSSR count). The molecule has 2 fully saturated rings. The van der Waals surface area contributed by atoms with E-state index in [1.54, 1.807) is 0 Å². The third-order valence-electron chi connectivity index (χ3n) is 5.06. The Balaban J connectivity index is 1.52. The number of benzene rings is 1. The van der Waals surface area contributed by atoms with Gasteiger partial charge in [0.1, 0.15) is 0 Å². The summed E-state index contributed by atoms with van der Waals surface area (Å²) in [6.45, 7) is 6.24. The first kappa shape index (κ1) is 14.4. The lowest BCUT2D eigenvalue weighted by Crippen LogP contribution is -2.45. The summed E-state index contributed by atoms with van der Waals surface area (Å²) in [6, 6.07) is 10.5. The van der Waals surface area contributed by atoms with Crippen molar-refractivity contribution in [3.05, 3.63) is 30.3 Å². The minimum Gasteiger partial charge on any atom is -0.371 e. The van der Waals surface area contributed by atoms with E-state index in [1.165, 1.54) is 18.5 Å². The van der Waals surface area contributed by atoms with Crippen molar-refractivity contribution >= 4 is 11.6 Å². The van der Waals surface area contributed by atoms with Crippen molar-refractivity contribution in [2.45, 2.75) is 32.6 Å². The average molecular weight is 286 g/mol. The van der Waals surface area contributed by atoms with Crippen molar-refractivity contribution in [1.29, 1.82) is 0 Å². The second kappa shape index (κ2) is 6.50. The number of carbonyl (C=O) groups is 1. The first-order chi connectivity index (χ1) is 10.2. The van der Waals surface area contributed by atoms with Crippen LogP contribution < -0.4 is 4.90 Å². The number of amides is 1. The fourth-order valence-corrected chi connectivity index (χ4v) is 3.51. The third kappa shape index (κ3) is 3.39. The van der Waals surface area contributed by atoms with Crippen LogP contribution in [-0.4, -0.2) is 37.0 Å². The highest BCUT2D eigenvalue weighted by atomic mass is 16.2. The molecule has 0 radical (unpaired) electrons. The van der Waals surface area contributed by atoms with Gasteiger partial charge >= 0.3 is 0 Å². The summed E-state index contributed by atoms with van der Waals surface area (Å²) in [5.74, 6) is 1.45. The molecule has 21 heavy (non-hydrogen) atoms. The Morgan fingerprint density at radius 2 is 1.57 bits per heavy atom. The lowest BCUT2D eigenvalue weighted by Gasteiger charge is -2.37. The average Bonchev–Trinajstić information content (AvgIpc) is 2.56. The van der Waals surface area contributed by atoms with Gasteiger partial charge in [-0.1, -0.05) is 25.1 Å². The van der Waals surface area contributed by atoms with Crippen LogP contribution in [0.5, 0.6) is 0 Å². The van der Waals surface area contributed by atoms with E-state index < -0.39 is 0 Å². The Hall–Kier alpha value is -1.51. The molecule has 1 aromatic carbocycles. The van der Waals surface area contributed by atoms with Crippen LogP contribution in [0.2, 0.25) is 0 Å². The van der Waals surface area contributed by atoms with Crippen molar-refractivity contribution < 1.29 is 4.79 Å². The van der Waals surface area contributed by atoms with E-state index >= 15 is 0 Å². The molecule has 2 heterocycles. The monoisotopic (exact) mass is 286 g/mol. The molecule has 0 bridgehead atoms. The number of nitrogens with zero attached hydrogens (tertiary/aromatic N) is 2. The Labute approximate surface area is 127 Å². The largest absolute Gasteiger partial charge is 0.371 e. The van der Waals surface area contributed by atoms with Gasteiger partial charge in [0.15, 0.2) is 0 Å². The number of anilines is 1. The summed E-state index contributed by atoms with van der Waals surface area (Å²) in [5.41, 5.74) is 1.29. The molecule has 0 aliphatic carbocycles. The van der Waals surface area contributed by atoms with E-state index in [9.17, 15) is 4.79 Å². The van der Waals surface area contributed by atoms with Gasteiger partial charge in [-0.15, -0.1) is 0 Å². The van der Waals surface area contributed by atoms with Crippen LogP contribution in [0, 0.1) is 11.8 Å². The van der Waals surface area contributed by atoms with Crippen LogP contribution in [0.4, 0.5) is 5.69 Å². The van der Waals surface area contributed by atoms with Crippen LogP contribution in [0.1, 0.15) is 32.6 Å². The molecule has 1 aromatic rings. The topological polar surface area (TPSA) is 23.6 Å². The summed E-state index contributed by atoms with van der Waals surface area (Å²) in [7, 11) is 0. The fraction of sp³-hybridized carbons (Fsp3) is 0.611. The van der Waals surface area contributed by atoms with Gasteiger partial charge in [-0.2, -0.15) is 0 Å². The second-order valence-corrected chi connectivity index (χ2v) is 6.60. The molecular formula is C18H26N2O. The maximum absolute atomic E-state index is 12.6. The number of carbonyl (C=O) groups excluding carboxylic acids is 1. The van der Waals surface area contributed by atoms with Gasteiger partial charge in [0.2, 0.25) is 5.91 Å². The highest BCUT2D eigenvalue weighted by Gasteiger charge is 2.30. The maximum Gasteiger partial charge on any atom is 0.225 e. The molecule has 1 amide bonds. The summed E-state index contributed by atoms with van der Waals surface area (Å²) in [5, 5.41) is 0. The molecule has 2 aliphatic rings. The predicted octanol–water partition coefficient (Wildman–Crippen LogP) is 3.16. The van der Waals surface area contributed by atoms with E-state index in [0.717, 1.165) is 44.9 Å². The van der Waals surface area contributed by atoms with E-state index in [-0.39, 0.29) is 5.92 Å². The molecule has 0 atom stereocenters. The predicted molar refractivity (Wildman–Crippen MR) is 86.4 cm³/mol. The van der Waals surface area contributed by atoms with Crippen LogP contribution in [0.3, 0.4) is 0 Å². The fourth-order valence-electron chi connectivity index (χ4n) is 3.51. The lowest BCUT2D eigenvalue weighted by atomic mass is 9.92. The van der Waals surface area contributed by atoms with Gasteiger partial charge in [-0.3, -0.25) is 4.79 Å². The van der Waals surface area contributed by atoms with Gasteiger partial charge in [0.25, 0.3) is 0 Å². The van der Waals surface area contributed by atoms with E-state index in [1.807, 2.05) is 0 Å².